The van der Waals surface area contributed by atoms with Crippen LogP contribution in [0.4, 0.5) is 0 Å². The average molecular weight is 395 g/mol. The van der Waals surface area contributed by atoms with Crippen LogP contribution in [-0.2, 0) is 10.8 Å². The van der Waals surface area contributed by atoms with Gasteiger partial charge in [-0.3, -0.25) is 0 Å². The Bertz CT molecular complexity index is 792. The summed E-state index contributed by atoms with van der Waals surface area (Å²) in [6.45, 7) is 18.4. The van der Waals surface area contributed by atoms with Gasteiger partial charge in [0.1, 0.15) is 5.75 Å². The van der Waals surface area contributed by atoms with Gasteiger partial charge in [0.2, 0.25) is 0 Å². The highest BCUT2D eigenvalue weighted by Gasteiger charge is 2.31. The van der Waals surface area contributed by atoms with E-state index in [1.165, 1.54) is 29.5 Å². The maximum atomic E-state index is 10.5. The summed E-state index contributed by atoms with van der Waals surface area (Å²) in [7, 11) is 0. The third kappa shape index (κ3) is 4.71. The van der Waals surface area contributed by atoms with E-state index < -0.39 is 0 Å². The molecule has 0 spiro atoms. The van der Waals surface area contributed by atoms with Gasteiger partial charge in [-0.2, -0.15) is 0 Å². The van der Waals surface area contributed by atoms with Crippen molar-refractivity contribution >= 4 is 0 Å². The molecule has 2 aromatic carbocycles. The topological polar surface area (TPSA) is 20.2 Å². The summed E-state index contributed by atoms with van der Waals surface area (Å²) >= 11 is 0. The van der Waals surface area contributed by atoms with Gasteiger partial charge in [-0.05, 0) is 58.4 Å². The smallest absolute Gasteiger partial charge is 0.119 e. The molecule has 0 aliphatic rings. The molecule has 0 unspecified atom stereocenters. The van der Waals surface area contributed by atoms with Crippen LogP contribution >= 0.6 is 0 Å². The molecule has 0 amide bonds. The first-order valence-electron chi connectivity index (χ1n) is 11.6. The molecular weight excluding hydrogens is 352 g/mol. The summed E-state index contributed by atoms with van der Waals surface area (Å²) < 4.78 is 0. The van der Waals surface area contributed by atoms with E-state index in [0.717, 1.165) is 18.4 Å². The molecule has 0 radical (unpaired) electrons. The van der Waals surface area contributed by atoms with E-state index in [4.69, 9.17) is 0 Å². The van der Waals surface area contributed by atoms with Gasteiger partial charge < -0.3 is 5.11 Å². The fraction of sp³-hybridized carbons (Fsp3) is 0.571. The van der Waals surface area contributed by atoms with Crippen molar-refractivity contribution in [3.8, 4) is 5.75 Å². The third-order valence-corrected chi connectivity index (χ3v) is 7.51. The summed E-state index contributed by atoms with van der Waals surface area (Å²) in [5.41, 5.74) is 5.18. The highest BCUT2D eigenvalue weighted by Crippen LogP contribution is 2.41. The summed E-state index contributed by atoms with van der Waals surface area (Å²) in [6, 6.07) is 15.4. The lowest BCUT2D eigenvalue weighted by Gasteiger charge is -2.35. The van der Waals surface area contributed by atoms with Crippen LogP contribution in [0.15, 0.2) is 42.5 Å². The number of benzene rings is 2. The molecule has 1 nitrogen and oxygen atoms in total. The molecular formula is C28H42O. The van der Waals surface area contributed by atoms with Crippen molar-refractivity contribution in [2.24, 2.45) is 5.92 Å². The molecule has 0 aromatic heterocycles. The standard InChI is InChI=1S/C28H42O/c1-9-20(10-2)25-19-24(16-17-26(25)29)28(7,8)23-15-13-14-22(18-23)27(5,6)21(11-3)12-4/h13-21,29H,9-12H2,1-8H3. The van der Waals surface area contributed by atoms with Crippen molar-refractivity contribution in [2.75, 3.05) is 0 Å². The van der Waals surface area contributed by atoms with Crippen molar-refractivity contribution < 1.29 is 5.11 Å². The largest absolute Gasteiger partial charge is 0.508 e. The molecule has 160 valence electrons. The van der Waals surface area contributed by atoms with Crippen LogP contribution in [0.3, 0.4) is 0 Å². The maximum absolute atomic E-state index is 10.5. The quantitative estimate of drug-likeness (QED) is 0.453. The molecule has 0 aliphatic carbocycles. The monoisotopic (exact) mass is 394 g/mol. The predicted octanol–water partition coefficient (Wildman–Crippen LogP) is 8.34. The molecule has 1 N–H and O–H groups in total. The predicted molar refractivity (Wildman–Crippen MR) is 127 cm³/mol. The molecule has 0 atom stereocenters. The van der Waals surface area contributed by atoms with Crippen LogP contribution < -0.4 is 0 Å². The summed E-state index contributed by atoms with van der Waals surface area (Å²) in [6.07, 6.45) is 4.50. The van der Waals surface area contributed by atoms with Gasteiger partial charge in [0.25, 0.3) is 0 Å². The van der Waals surface area contributed by atoms with E-state index in [1.807, 2.05) is 6.07 Å². The van der Waals surface area contributed by atoms with Crippen LogP contribution in [0.5, 0.6) is 5.75 Å². The Morgan fingerprint density at radius 3 is 1.83 bits per heavy atom. The summed E-state index contributed by atoms with van der Waals surface area (Å²) in [5, 5.41) is 10.5. The SMILES string of the molecule is CCC(CC)c1cc(C(C)(C)c2cccc(C(C)(C)C(CC)CC)c2)ccc1O. The highest BCUT2D eigenvalue weighted by atomic mass is 16.3. The molecule has 0 saturated carbocycles. The second-order valence-corrected chi connectivity index (χ2v) is 9.73. The number of phenols is 1. The lowest BCUT2D eigenvalue weighted by atomic mass is 9.69. The molecule has 0 bridgehead atoms. The van der Waals surface area contributed by atoms with E-state index in [-0.39, 0.29) is 10.8 Å². The lowest BCUT2D eigenvalue weighted by molar-refractivity contribution is 0.298. The zero-order chi connectivity index (χ0) is 21.8. The molecule has 0 heterocycles. The minimum Gasteiger partial charge on any atom is -0.508 e. The highest BCUT2D eigenvalue weighted by molar-refractivity contribution is 5.46. The van der Waals surface area contributed by atoms with E-state index >= 15 is 0 Å². The van der Waals surface area contributed by atoms with Crippen LogP contribution in [0.1, 0.15) is 109 Å². The first-order chi connectivity index (χ1) is 13.6. The normalized spacial score (nSPS) is 12.8. The van der Waals surface area contributed by atoms with E-state index in [9.17, 15) is 5.11 Å². The number of hydrogen-bond donors (Lipinski definition) is 1. The zero-order valence-corrected chi connectivity index (χ0v) is 20.0. The van der Waals surface area contributed by atoms with Gasteiger partial charge in [-0.1, -0.05) is 105 Å². The van der Waals surface area contributed by atoms with Crippen LogP contribution in [0, 0.1) is 5.92 Å². The van der Waals surface area contributed by atoms with E-state index in [1.54, 1.807) is 0 Å². The first kappa shape index (κ1) is 23.5. The number of hydrogen-bond acceptors (Lipinski definition) is 1. The molecule has 0 saturated heterocycles. The number of rotatable bonds is 9. The first-order valence-corrected chi connectivity index (χ1v) is 11.6. The van der Waals surface area contributed by atoms with Crippen molar-refractivity contribution in [1.29, 1.82) is 0 Å². The van der Waals surface area contributed by atoms with E-state index in [2.05, 4.69) is 91.8 Å². The van der Waals surface area contributed by atoms with Gasteiger partial charge >= 0.3 is 0 Å². The molecule has 0 fully saturated rings. The third-order valence-electron chi connectivity index (χ3n) is 7.51. The zero-order valence-electron chi connectivity index (χ0n) is 20.0. The summed E-state index contributed by atoms with van der Waals surface area (Å²) in [5.74, 6) is 1.52. The molecule has 0 aliphatic heterocycles. The maximum Gasteiger partial charge on any atom is 0.119 e. The Balaban J connectivity index is 2.51. The number of phenolic OH excluding ortho intramolecular Hbond substituents is 1. The Morgan fingerprint density at radius 2 is 1.28 bits per heavy atom. The van der Waals surface area contributed by atoms with Crippen LogP contribution in [0.2, 0.25) is 0 Å². The molecule has 2 aromatic rings. The fourth-order valence-electron chi connectivity index (χ4n) is 5.02. The Labute approximate surface area is 179 Å². The lowest BCUT2D eigenvalue weighted by Crippen LogP contribution is -2.29. The van der Waals surface area contributed by atoms with Crippen molar-refractivity contribution in [3.05, 3.63) is 64.7 Å². The van der Waals surface area contributed by atoms with Crippen LogP contribution in [0.25, 0.3) is 0 Å². The molecule has 29 heavy (non-hydrogen) atoms. The van der Waals surface area contributed by atoms with Gasteiger partial charge in [0, 0.05) is 5.41 Å². The Kier molecular flexibility index (Phi) is 7.60. The van der Waals surface area contributed by atoms with Crippen molar-refractivity contribution in [1.82, 2.24) is 0 Å². The Morgan fingerprint density at radius 1 is 0.724 bits per heavy atom. The molecule has 1 heteroatoms. The average Bonchev–Trinajstić information content (AvgIpc) is 2.71. The van der Waals surface area contributed by atoms with Gasteiger partial charge in [-0.25, -0.2) is 0 Å². The minimum absolute atomic E-state index is 0.117. The second-order valence-electron chi connectivity index (χ2n) is 9.73. The van der Waals surface area contributed by atoms with Gasteiger partial charge in [0.05, 0.1) is 0 Å². The van der Waals surface area contributed by atoms with Crippen LogP contribution in [-0.4, -0.2) is 5.11 Å². The summed E-state index contributed by atoms with van der Waals surface area (Å²) in [4.78, 5) is 0. The van der Waals surface area contributed by atoms with E-state index in [0.29, 0.717) is 17.6 Å². The van der Waals surface area contributed by atoms with Gasteiger partial charge in [-0.15, -0.1) is 0 Å². The second kappa shape index (κ2) is 9.37. The van der Waals surface area contributed by atoms with Crippen molar-refractivity contribution in [3.63, 3.8) is 0 Å². The van der Waals surface area contributed by atoms with Gasteiger partial charge in [0.15, 0.2) is 0 Å². The fourth-order valence-corrected chi connectivity index (χ4v) is 5.02. The van der Waals surface area contributed by atoms with Crippen molar-refractivity contribution in [2.45, 2.75) is 97.8 Å². The Hall–Kier alpha value is -1.76. The molecule has 2 rings (SSSR count). The number of aromatic hydroxyl groups is 1. The minimum atomic E-state index is -0.117.